The van der Waals surface area contributed by atoms with E-state index in [-0.39, 0.29) is 0 Å². The maximum Gasteiger partial charge on any atom is 0.0488 e. The van der Waals surface area contributed by atoms with Gasteiger partial charge in [-0.3, -0.25) is 0 Å². The molecule has 0 aliphatic carbocycles. The van der Waals surface area contributed by atoms with Gasteiger partial charge in [-0.1, -0.05) is 55.4 Å². The molecule has 2 unspecified atom stereocenters. The Labute approximate surface area is 195 Å². The zero-order valence-corrected chi connectivity index (χ0v) is 22.4. The average molecular weight is 445 g/mol. The number of rotatable bonds is 20. The van der Waals surface area contributed by atoms with Gasteiger partial charge < -0.3 is 18.9 Å². The van der Waals surface area contributed by atoms with Crippen LogP contribution in [-0.2, 0) is 18.9 Å². The van der Waals surface area contributed by atoms with Gasteiger partial charge in [-0.25, -0.2) is 0 Å². The fourth-order valence-electron chi connectivity index (χ4n) is 4.06. The second kappa shape index (κ2) is 18.3. The van der Waals surface area contributed by atoms with E-state index in [1.54, 1.807) is 0 Å². The molecule has 0 aromatic carbocycles. The predicted molar refractivity (Wildman–Crippen MR) is 133 cm³/mol. The van der Waals surface area contributed by atoms with E-state index in [4.69, 9.17) is 18.9 Å². The molecule has 188 valence electrons. The van der Waals surface area contributed by atoms with Crippen LogP contribution in [0.5, 0.6) is 0 Å². The van der Waals surface area contributed by atoms with Crippen LogP contribution in [0.1, 0.15) is 100 Å². The van der Waals surface area contributed by atoms with Crippen LogP contribution in [0.25, 0.3) is 0 Å². The fourth-order valence-corrected chi connectivity index (χ4v) is 4.06. The molecule has 0 saturated heterocycles. The van der Waals surface area contributed by atoms with Gasteiger partial charge in [0, 0.05) is 52.9 Å². The lowest BCUT2D eigenvalue weighted by Crippen LogP contribution is -2.13. The van der Waals surface area contributed by atoms with Crippen molar-refractivity contribution in [2.75, 3.05) is 52.9 Å². The lowest BCUT2D eigenvalue weighted by molar-refractivity contribution is 0.0507. The molecule has 0 aromatic rings. The highest BCUT2D eigenvalue weighted by Gasteiger charge is 2.15. The monoisotopic (exact) mass is 444 g/mol. The molecule has 0 aliphatic heterocycles. The lowest BCUT2D eigenvalue weighted by Gasteiger charge is -2.23. The van der Waals surface area contributed by atoms with Gasteiger partial charge in [0.05, 0.1) is 0 Å². The Morgan fingerprint density at radius 2 is 0.710 bits per heavy atom. The van der Waals surface area contributed by atoms with Crippen LogP contribution in [0.15, 0.2) is 0 Å². The Bertz CT molecular complexity index is 348. The zero-order valence-electron chi connectivity index (χ0n) is 22.4. The Balaban J connectivity index is 3.22. The minimum atomic E-state index is 0.412. The van der Waals surface area contributed by atoms with Gasteiger partial charge in [-0.05, 0) is 67.6 Å². The van der Waals surface area contributed by atoms with Gasteiger partial charge in [0.1, 0.15) is 0 Å². The van der Waals surface area contributed by atoms with Crippen LogP contribution in [0, 0.1) is 22.7 Å². The highest BCUT2D eigenvalue weighted by atomic mass is 16.5. The van der Waals surface area contributed by atoms with E-state index in [9.17, 15) is 0 Å². The number of hydrogen-bond acceptors (Lipinski definition) is 4. The smallest absolute Gasteiger partial charge is 0.0488 e. The summed E-state index contributed by atoms with van der Waals surface area (Å²) >= 11 is 0. The first-order valence-corrected chi connectivity index (χ1v) is 12.8. The summed E-state index contributed by atoms with van der Waals surface area (Å²) in [6.07, 6.45) is 7.71. The molecule has 4 nitrogen and oxygen atoms in total. The third-order valence-corrected chi connectivity index (χ3v) is 5.16. The summed E-state index contributed by atoms with van der Waals surface area (Å²) in [4.78, 5) is 0. The molecule has 4 heteroatoms. The van der Waals surface area contributed by atoms with E-state index in [0.717, 1.165) is 96.8 Å². The largest absolute Gasteiger partial charge is 0.381 e. The molecule has 0 amide bonds. The first-order valence-electron chi connectivity index (χ1n) is 12.8. The van der Waals surface area contributed by atoms with Gasteiger partial charge in [0.25, 0.3) is 0 Å². The second-order valence-corrected chi connectivity index (χ2v) is 11.8. The van der Waals surface area contributed by atoms with Crippen LogP contribution in [0.4, 0.5) is 0 Å². The molecule has 0 aromatic heterocycles. The van der Waals surface area contributed by atoms with Crippen LogP contribution >= 0.6 is 0 Å². The third-order valence-electron chi connectivity index (χ3n) is 5.16. The van der Waals surface area contributed by atoms with E-state index in [0.29, 0.717) is 10.8 Å². The molecule has 0 bridgehead atoms. The molecule has 0 aliphatic rings. The maximum atomic E-state index is 5.74. The van der Waals surface area contributed by atoms with Crippen molar-refractivity contribution in [2.45, 2.75) is 100 Å². The molecule has 0 rings (SSSR count). The molecular formula is C27H56O4. The van der Waals surface area contributed by atoms with E-state index >= 15 is 0 Å². The molecule has 0 heterocycles. The second-order valence-electron chi connectivity index (χ2n) is 11.8. The van der Waals surface area contributed by atoms with Crippen LogP contribution in [0.2, 0.25) is 0 Å². The minimum Gasteiger partial charge on any atom is -0.381 e. The summed E-state index contributed by atoms with van der Waals surface area (Å²) in [6.45, 7) is 24.9. The van der Waals surface area contributed by atoms with Crippen molar-refractivity contribution in [1.82, 2.24) is 0 Å². The summed E-state index contributed by atoms with van der Waals surface area (Å²) in [5.41, 5.74) is 0.824. The minimum absolute atomic E-state index is 0.412. The molecular weight excluding hydrogens is 388 g/mol. The predicted octanol–water partition coefficient (Wildman–Crippen LogP) is 7.15. The first kappa shape index (κ1) is 30.8. The molecule has 0 radical (unpaired) electrons. The van der Waals surface area contributed by atoms with Crippen LogP contribution < -0.4 is 0 Å². The Morgan fingerprint density at radius 3 is 0.968 bits per heavy atom. The molecule has 0 N–H and O–H groups in total. The SMILES string of the molecule is CC(CCOCCCOCCCOCCCOCCC(C)CC(C)(C)C)CC(C)(C)C. The molecule has 2 atom stereocenters. The molecule has 31 heavy (non-hydrogen) atoms. The summed E-state index contributed by atoms with van der Waals surface area (Å²) in [6, 6.07) is 0. The highest BCUT2D eigenvalue weighted by Crippen LogP contribution is 2.26. The summed E-state index contributed by atoms with van der Waals surface area (Å²) in [7, 11) is 0. The van der Waals surface area contributed by atoms with Gasteiger partial charge in [0.2, 0.25) is 0 Å². The Hall–Kier alpha value is -0.160. The van der Waals surface area contributed by atoms with E-state index in [1.165, 1.54) is 12.8 Å². The summed E-state index contributed by atoms with van der Waals surface area (Å²) in [5, 5.41) is 0. The van der Waals surface area contributed by atoms with Crippen molar-refractivity contribution in [2.24, 2.45) is 22.7 Å². The van der Waals surface area contributed by atoms with E-state index < -0.39 is 0 Å². The molecule has 0 saturated carbocycles. The van der Waals surface area contributed by atoms with Crippen LogP contribution in [0.3, 0.4) is 0 Å². The van der Waals surface area contributed by atoms with Crippen LogP contribution in [-0.4, -0.2) is 52.9 Å². The topological polar surface area (TPSA) is 36.9 Å². The molecule has 0 spiro atoms. The van der Waals surface area contributed by atoms with Crippen molar-refractivity contribution in [1.29, 1.82) is 0 Å². The van der Waals surface area contributed by atoms with Gasteiger partial charge in [-0.2, -0.15) is 0 Å². The highest BCUT2D eigenvalue weighted by molar-refractivity contribution is 4.66. The Kier molecular flexibility index (Phi) is 18.2. The summed E-state index contributed by atoms with van der Waals surface area (Å²) < 4.78 is 22.8. The summed E-state index contributed by atoms with van der Waals surface area (Å²) in [5.74, 6) is 1.45. The molecule has 0 fully saturated rings. The van der Waals surface area contributed by atoms with E-state index in [2.05, 4.69) is 55.4 Å². The van der Waals surface area contributed by atoms with E-state index in [1.807, 2.05) is 0 Å². The standard InChI is InChI=1S/C27H56O4/c1-24(22-26(3,4)5)12-20-30-18-10-16-28-14-9-15-29-17-11-19-31-21-13-25(2)23-27(6,7)8/h24-25H,9-23H2,1-8H3. The average Bonchev–Trinajstić information content (AvgIpc) is 2.61. The zero-order chi connectivity index (χ0) is 23.6. The number of hydrogen-bond donors (Lipinski definition) is 0. The lowest BCUT2D eigenvalue weighted by atomic mass is 9.84. The third kappa shape index (κ3) is 26.0. The first-order chi connectivity index (χ1) is 14.5. The van der Waals surface area contributed by atoms with Crippen molar-refractivity contribution < 1.29 is 18.9 Å². The van der Waals surface area contributed by atoms with Crippen molar-refractivity contribution >= 4 is 0 Å². The van der Waals surface area contributed by atoms with Gasteiger partial charge in [0.15, 0.2) is 0 Å². The maximum absolute atomic E-state index is 5.74. The van der Waals surface area contributed by atoms with Gasteiger partial charge >= 0.3 is 0 Å². The Morgan fingerprint density at radius 1 is 0.452 bits per heavy atom. The quantitative estimate of drug-likeness (QED) is 0.187. The van der Waals surface area contributed by atoms with Crippen molar-refractivity contribution in [3.63, 3.8) is 0 Å². The normalized spacial score (nSPS) is 14.7. The van der Waals surface area contributed by atoms with Crippen molar-refractivity contribution in [3.05, 3.63) is 0 Å². The van der Waals surface area contributed by atoms with Crippen molar-refractivity contribution in [3.8, 4) is 0 Å². The number of ether oxygens (including phenoxy) is 4. The van der Waals surface area contributed by atoms with Gasteiger partial charge in [-0.15, -0.1) is 0 Å². The fraction of sp³-hybridized carbons (Fsp3) is 1.00.